The second kappa shape index (κ2) is 4.30. The number of nitrogens with zero attached hydrogens (tertiary/aromatic N) is 4. The normalized spacial score (nSPS) is 12.5. The highest BCUT2D eigenvalue weighted by Crippen LogP contribution is 2.25. The number of fused-ring (bicyclic) bond motifs is 1. The lowest BCUT2D eigenvalue weighted by atomic mass is 9.92. The van der Waals surface area contributed by atoms with E-state index in [1.807, 2.05) is 11.7 Å². The summed E-state index contributed by atoms with van der Waals surface area (Å²) in [5.41, 5.74) is 9.33. The fourth-order valence-electron chi connectivity index (χ4n) is 2.16. The zero-order valence-corrected chi connectivity index (χ0v) is 12.0. The van der Waals surface area contributed by atoms with Crippen molar-refractivity contribution in [2.45, 2.75) is 47.1 Å². The van der Waals surface area contributed by atoms with Crippen LogP contribution in [0.25, 0.3) is 11.2 Å². The van der Waals surface area contributed by atoms with Gasteiger partial charge in [-0.3, -0.25) is 9.25 Å². The zero-order valence-electron chi connectivity index (χ0n) is 12.0. The molecule has 2 N–H and O–H groups in total. The topological polar surface area (TPSA) is 61.7 Å². The highest BCUT2D eigenvalue weighted by atomic mass is 15.3. The van der Waals surface area contributed by atoms with Crippen molar-refractivity contribution in [2.75, 3.05) is 5.73 Å². The zero-order chi connectivity index (χ0) is 13.5. The Morgan fingerprint density at radius 2 is 1.94 bits per heavy atom. The predicted octanol–water partition coefficient (Wildman–Crippen LogP) is 2.35. The molecule has 0 bridgehead atoms. The highest BCUT2D eigenvalue weighted by Gasteiger charge is 2.18. The number of nitrogens with two attached hydrogens (primary N) is 1. The SMILES string of the molecule is CCc1nn(C)c2c1nc(N)n2CCC(C)(C)C. The van der Waals surface area contributed by atoms with E-state index in [9.17, 15) is 0 Å². The summed E-state index contributed by atoms with van der Waals surface area (Å²) >= 11 is 0. The molecule has 0 saturated carbocycles. The van der Waals surface area contributed by atoms with Crippen LogP contribution in [0.5, 0.6) is 0 Å². The average Bonchev–Trinajstić information content (AvgIpc) is 2.72. The predicted molar refractivity (Wildman–Crippen MR) is 74.4 cm³/mol. The van der Waals surface area contributed by atoms with Crippen molar-refractivity contribution in [3.8, 4) is 0 Å². The van der Waals surface area contributed by atoms with E-state index in [2.05, 4.69) is 42.3 Å². The van der Waals surface area contributed by atoms with E-state index < -0.39 is 0 Å². The quantitative estimate of drug-likeness (QED) is 0.908. The third-order valence-electron chi connectivity index (χ3n) is 3.24. The van der Waals surface area contributed by atoms with Crippen LogP contribution in [0.1, 0.15) is 39.8 Å². The van der Waals surface area contributed by atoms with Gasteiger partial charge < -0.3 is 5.73 Å². The fraction of sp³-hybridized carbons (Fsp3) is 0.692. The van der Waals surface area contributed by atoms with Gasteiger partial charge in [0.15, 0.2) is 5.65 Å². The monoisotopic (exact) mass is 249 g/mol. The van der Waals surface area contributed by atoms with Crippen molar-refractivity contribution < 1.29 is 0 Å². The molecule has 18 heavy (non-hydrogen) atoms. The first-order chi connectivity index (χ1) is 8.33. The molecule has 0 aliphatic carbocycles. The maximum Gasteiger partial charge on any atom is 0.202 e. The largest absolute Gasteiger partial charge is 0.369 e. The third kappa shape index (κ3) is 2.21. The van der Waals surface area contributed by atoms with Crippen LogP contribution in [0.15, 0.2) is 0 Å². The molecule has 0 unspecified atom stereocenters. The second-order valence-electron chi connectivity index (χ2n) is 6.03. The van der Waals surface area contributed by atoms with Crippen LogP contribution < -0.4 is 5.73 Å². The molecular weight excluding hydrogens is 226 g/mol. The Morgan fingerprint density at radius 1 is 1.28 bits per heavy atom. The molecule has 100 valence electrons. The molecule has 0 amide bonds. The highest BCUT2D eigenvalue weighted by molar-refractivity contribution is 5.77. The molecule has 2 aromatic heterocycles. The summed E-state index contributed by atoms with van der Waals surface area (Å²) in [6.07, 6.45) is 1.95. The first kappa shape index (κ1) is 12.9. The molecule has 0 aromatic carbocycles. The van der Waals surface area contributed by atoms with Gasteiger partial charge >= 0.3 is 0 Å². The molecule has 2 rings (SSSR count). The Morgan fingerprint density at radius 3 is 2.50 bits per heavy atom. The lowest BCUT2D eigenvalue weighted by Gasteiger charge is -2.18. The molecule has 5 heteroatoms. The first-order valence-electron chi connectivity index (χ1n) is 6.51. The van der Waals surface area contributed by atoms with Crippen molar-refractivity contribution in [3.05, 3.63) is 5.69 Å². The molecule has 0 radical (unpaired) electrons. The van der Waals surface area contributed by atoms with Crippen LogP contribution in [0, 0.1) is 5.41 Å². The number of anilines is 1. The van der Waals surface area contributed by atoms with Gasteiger partial charge in [0, 0.05) is 13.6 Å². The summed E-state index contributed by atoms with van der Waals surface area (Å²) in [6.45, 7) is 9.68. The maximum absolute atomic E-state index is 6.03. The van der Waals surface area contributed by atoms with Gasteiger partial charge in [0.2, 0.25) is 5.95 Å². The number of hydrogen-bond acceptors (Lipinski definition) is 3. The van der Waals surface area contributed by atoms with Gasteiger partial charge in [0.25, 0.3) is 0 Å². The van der Waals surface area contributed by atoms with Gasteiger partial charge in [0.05, 0.1) is 5.69 Å². The Balaban J connectivity index is 2.44. The summed E-state index contributed by atoms with van der Waals surface area (Å²) in [6, 6.07) is 0. The second-order valence-corrected chi connectivity index (χ2v) is 6.03. The minimum Gasteiger partial charge on any atom is -0.369 e. The summed E-state index contributed by atoms with van der Waals surface area (Å²) in [7, 11) is 1.95. The number of nitrogen functional groups attached to an aromatic ring is 1. The smallest absolute Gasteiger partial charge is 0.202 e. The van der Waals surface area contributed by atoms with E-state index in [-0.39, 0.29) is 5.41 Å². The molecule has 0 spiro atoms. The van der Waals surface area contributed by atoms with Gasteiger partial charge in [-0.25, -0.2) is 4.98 Å². The van der Waals surface area contributed by atoms with Crippen molar-refractivity contribution in [2.24, 2.45) is 12.5 Å². The van der Waals surface area contributed by atoms with Crippen LogP contribution in [-0.2, 0) is 20.0 Å². The van der Waals surface area contributed by atoms with E-state index in [0.717, 1.165) is 36.2 Å². The molecule has 0 saturated heterocycles. The van der Waals surface area contributed by atoms with Crippen molar-refractivity contribution >= 4 is 17.1 Å². The molecule has 2 aromatic rings. The minimum absolute atomic E-state index is 0.287. The summed E-state index contributed by atoms with van der Waals surface area (Å²) < 4.78 is 3.97. The van der Waals surface area contributed by atoms with E-state index >= 15 is 0 Å². The van der Waals surface area contributed by atoms with Crippen LogP contribution in [0.2, 0.25) is 0 Å². The molecule has 0 aliphatic heterocycles. The lowest BCUT2D eigenvalue weighted by molar-refractivity contribution is 0.353. The van der Waals surface area contributed by atoms with Crippen LogP contribution in [0.3, 0.4) is 0 Å². The van der Waals surface area contributed by atoms with Gasteiger partial charge in [-0.15, -0.1) is 0 Å². The van der Waals surface area contributed by atoms with Crippen LogP contribution in [-0.4, -0.2) is 19.3 Å². The lowest BCUT2D eigenvalue weighted by Crippen LogP contribution is -2.13. The third-order valence-corrected chi connectivity index (χ3v) is 3.24. The number of rotatable bonds is 3. The van der Waals surface area contributed by atoms with Gasteiger partial charge in [-0.1, -0.05) is 27.7 Å². The van der Waals surface area contributed by atoms with E-state index in [0.29, 0.717) is 5.95 Å². The number of hydrogen-bond donors (Lipinski definition) is 1. The fourth-order valence-corrected chi connectivity index (χ4v) is 2.16. The summed E-state index contributed by atoms with van der Waals surface area (Å²) in [5, 5.41) is 4.49. The number of imidazole rings is 1. The van der Waals surface area contributed by atoms with Gasteiger partial charge in [-0.05, 0) is 18.3 Å². The number of aryl methyl sites for hydroxylation is 3. The molecular formula is C13H23N5. The Kier molecular flexibility index (Phi) is 3.09. The Labute approximate surface area is 108 Å². The van der Waals surface area contributed by atoms with E-state index in [1.165, 1.54) is 0 Å². The number of aromatic nitrogens is 4. The Hall–Kier alpha value is -1.52. The van der Waals surface area contributed by atoms with Crippen molar-refractivity contribution in [3.63, 3.8) is 0 Å². The molecule has 0 fully saturated rings. The first-order valence-corrected chi connectivity index (χ1v) is 6.51. The molecule has 5 nitrogen and oxygen atoms in total. The van der Waals surface area contributed by atoms with Gasteiger partial charge in [0.1, 0.15) is 5.52 Å². The van der Waals surface area contributed by atoms with Crippen LogP contribution in [0.4, 0.5) is 5.95 Å². The summed E-state index contributed by atoms with van der Waals surface area (Å²) in [4.78, 5) is 4.46. The van der Waals surface area contributed by atoms with Crippen LogP contribution >= 0.6 is 0 Å². The molecule has 0 atom stereocenters. The van der Waals surface area contributed by atoms with E-state index in [4.69, 9.17) is 5.73 Å². The van der Waals surface area contributed by atoms with Crippen molar-refractivity contribution in [1.29, 1.82) is 0 Å². The molecule has 0 aliphatic rings. The molecule has 2 heterocycles. The average molecular weight is 249 g/mol. The summed E-state index contributed by atoms with van der Waals surface area (Å²) in [5.74, 6) is 0.594. The van der Waals surface area contributed by atoms with E-state index in [1.54, 1.807) is 0 Å². The maximum atomic E-state index is 6.03. The van der Waals surface area contributed by atoms with Crippen molar-refractivity contribution in [1.82, 2.24) is 19.3 Å². The Bertz CT molecular complexity index is 556. The standard InChI is InChI=1S/C13H23N5/c1-6-9-10-11(17(5)16-9)18(12(14)15-10)8-7-13(2,3)4/h6-8H2,1-5H3,(H2,14,15). The minimum atomic E-state index is 0.287. The van der Waals surface area contributed by atoms with Gasteiger partial charge in [-0.2, -0.15) is 5.10 Å².